The molecule has 0 radical (unpaired) electrons. The van der Waals surface area contributed by atoms with Crippen molar-refractivity contribution in [1.29, 1.82) is 0 Å². The van der Waals surface area contributed by atoms with Gasteiger partial charge < -0.3 is 20.2 Å². The molecule has 2 aromatic rings. The molecule has 0 bridgehead atoms. The van der Waals surface area contributed by atoms with E-state index in [-0.39, 0.29) is 11.5 Å². The number of carbonyl (C=O) groups excluding carboxylic acids is 1. The number of H-pyrrole nitrogens is 2. The van der Waals surface area contributed by atoms with Gasteiger partial charge in [0.25, 0.3) is 0 Å². The molecule has 156 valence electrons. The van der Waals surface area contributed by atoms with E-state index in [9.17, 15) is 9.90 Å². The summed E-state index contributed by atoms with van der Waals surface area (Å²) in [6.07, 6.45) is 7.81. The summed E-state index contributed by atoms with van der Waals surface area (Å²) >= 11 is 0. The summed E-state index contributed by atoms with van der Waals surface area (Å²) in [5, 5.41) is 12.9. The van der Waals surface area contributed by atoms with Crippen molar-refractivity contribution in [2.45, 2.75) is 57.1 Å². The number of hydrogen-bond acceptors (Lipinski definition) is 6. The van der Waals surface area contributed by atoms with Crippen molar-refractivity contribution in [2.24, 2.45) is 5.41 Å². The number of imidazole rings is 1. The van der Waals surface area contributed by atoms with Crippen molar-refractivity contribution in [2.75, 3.05) is 36.9 Å². The van der Waals surface area contributed by atoms with Gasteiger partial charge in [-0.2, -0.15) is 4.98 Å². The maximum Gasteiger partial charge on any atom is 0.307 e. The molecule has 2 aromatic heterocycles. The van der Waals surface area contributed by atoms with Gasteiger partial charge in [0.1, 0.15) is 0 Å². The number of likely N-dealkylation sites (tertiary alicyclic amines) is 1. The van der Waals surface area contributed by atoms with Crippen molar-refractivity contribution in [1.82, 2.24) is 19.9 Å². The van der Waals surface area contributed by atoms with Crippen LogP contribution < -0.4 is 15.2 Å². The first-order chi connectivity index (χ1) is 14.1. The minimum Gasteiger partial charge on any atom is -0.393 e. The third-order valence-electron chi connectivity index (χ3n) is 7.07. The van der Waals surface area contributed by atoms with Gasteiger partial charge in [-0.15, -0.1) is 0 Å². The molecular weight excluding hydrogens is 370 g/mol. The molecule has 0 unspecified atom stereocenters. The largest absolute Gasteiger partial charge is 0.393 e. The van der Waals surface area contributed by atoms with Gasteiger partial charge in [0.2, 0.25) is 11.4 Å². The zero-order chi connectivity index (χ0) is 20.0. The number of piperidine rings is 1. The van der Waals surface area contributed by atoms with Crippen LogP contribution in [0.25, 0.3) is 11.2 Å². The maximum absolute atomic E-state index is 13.5. The molecule has 1 atom stereocenters. The van der Waals surface area contributed by atoms with Gasteiger partial charge >= 0.3 is 11.6 Å². The molecule has 2 aliphatic heterocycles. The Morgan fingerprint density at radius 2 is 2.07 bits per heavy atom. The molecule has 29 heavy (non-hydrogen) atoms. The highest BCUT2D eigenvalue weighted by molar-refractivity contribution is 5.86. The molecule has 5 rings (SSSR count). The van der Waals surface area contributed by atoms with Gasteiger partial charge in [-0.3, -0.25) is 9.78 Å². The highest BCUT2D eigenvalue weighted by Gasteiger charge is 2.51. The third-order valence-corrected chi connectivity index (χ3v) is 7.07. The lowest BCUT2D eigenvalue weighted by atomic mass is 9.78. The van der Waals surface area contributed by atoms with E-state index in [0.29, 0.717) is 24.4 Å². The summed E-state index contributed by atoms with van der Waals surface area (Å²) < 4.78 is 0. The van der Waals surface area contributed by atoms with Crippen LogP contribution in [0.3, 0.4) is 0 Å². The molecule has 4 heterocycles. The number of carbonyl (C=O) groups is 1. The summed E-state index contributed by atoms with van der Waals surface area (Å²) in [6, 6.07) is 0.290. The van der Waals surface area contributed by atoms with E-state index in [4.69, 9.17) is 9.97 Å². The number of aromatic nitrogens is 4. The monoisotopic (exact) mass is 400 g/mol. The predicted octanol–water partition coefficient (Wildman–Crippen LogP) is 0.936. The summed E-state index contributed by atoms with van der Waals surface area (Å²) in [5.41, 5.74) is 1.29. The van der Waals surface area contributed by atoms with E-state index in [1.807, 2.05) is 7.05 Å². The molecule has 4 N–H and O–H groups in total. The van der Waals surface area contributed by atoms with Crippen LogP contribution in [0.2, 0.25) is 0 Å². The zero-order valence-electron chi connectivity index (χ0n) is 16.9. The summed E-state index contributed by atoms with van der Waals surface area (Å²) in [6.45, 7) is 2.38. The Morgan fingerprint density at radius 1 is 1.24 bits per heavy atom. The van der Waals surface area contributed by atoms with Crippen LogP contribution in [-0.4, -0.2) is 69.7 Å². The Bertz CT molecular complexity index is 907. The molecule has 1 aliphatic carbocycles. The summed E-state index contributed by atoms with van der Waals surface area (Å²) in [5.74, 6) is 1.72. The number of anilines is 2. The van der Waals surface area contributed by atoms with Gasteiger partial charge in [-0.1, -0.05) is 4.98 Å². The number of aliphatic hydroxyl groups is 1. The average molecular weight is 401 g/mol. The number of rotatable bonds is 3. The minimum atomic E-state index is -0.325. The molecule has 0 aromatic carbocycles. The first-order valence-corrected chi connectivity index (χ1v) is 10.8. The molecule has 1 saturated carbocycles. The van der Waals surface area contributed by atoms with Crippen LogP contribution in [-0.2, 0) is 4.79 Å². The van der Waals surface area contributed by atoms with Crippen molar-refractivity contribution < 1.29 is 14.9 Å². The van der Waals surface area contributed by atoms with Crippen LogP contribution in [0.15, 0.2) is 6.33 Å². The number of aliphatic hydroxyl groups excluding tert-OH is 1. The molecule has 2 saturated heterocycles. The molecule has 1 spiro atoms. The lowest BCUT2D eigenvalue weighted by Gasteiger charge is -2.39. The Morgan fingerprint density at radius 3 is 2.86 bits per heavy atom. The first kappa shape index (κ1) is 18.6. The van der Waals surface area contributed by atoms with E-state index in [2.05, 4.69) is 25.1 Å². The fourth-order valence-electron chi connectivity index (χ4n) is 5.44. The van der Waals surface area contributed by atoms with Crippen LogP contribution in [0.1, 0.15) is 44.9 Å². The van der Waals surface area contributed by atoms with Gasteiger partial charge in [0, 0.05) is 32.7 Å². The topological polar surface area (TPSA) is 112 Å². The van der Waals surface area contributed by atoms with Crippen LogP contribution in [0.4, 0.5) is 11.8 Å². The Balaban J connectivity index is 1.37. The summed E-state index contributed by atoms with van der Waals surface area (Å²) in [4.78, 5) is 33.5. The smallest absolute Gasteiger partial charge is 0.307 e. The Labute approximate surface area is 169 Å². The SMILES string of the molecule is CNc1nc(N2CCC[C@@]3(CCN(C4CCC(O)CC4)C3=O)C2)nc2[nH+]c[nH]c12. The number of amides is 1. The molecule has 3 aliphatic rings. The average Bonchev–Trinajstić information content (AvgIpc) is 3.34. The second-order valence-corrected chi connectivity index (χ2v) is 8.80. The maximum atomic E-state index is 13.5. The second-order valence-electron chi connectivity index (χ2n) is 8.80. The Hall–Kier alpha value is -2.42. The number of nitrogens with one attached hydrogen (secondary N) is 3. The van der Waals surface area contributed by atoms with Gasteiger partial charge in [-0.05, 0) is 44.9 Å². The second kappa shape index (κ2) is 7.12. The van der Waals surface area contributed by atoms with Gasteiger partial charge in [0.15, 0.2) is 12.1 Å². The van der Waals surface area contributed by atoms with Crippen LogP contribution in [0, 0.1) is 5.41 Å². The summed E-state index contributed by atoms with van der Waals surface area (Å²) in [7, 11) is 1.85. The normalized spacial score (nSPS) is 30.5. The van der Waals surface area contributed by atoms with Crippen molar-refractivity contribution >= 4 is 28.8 Å². The standard InChI is InChI=1S/C20H29N7O2/c1-21-16-15-17(23-12-22-15)25-19(24-16)26-9-2-7-20(11-26)8-10-27(18(20)29)13-3-5-14(28)6-4-13/h12-14,28H,2-11H2,1H3,(H2,21,22,23,24,25)/p+1/t13?,14?,20-/m1/s1. The number of fused-ring (bicyclic) bond motifs is 1. The molecule has 3 fully saturated rings. The van der Waals surface area contributed by atoms with E-state index in [1.165, 1.54) is 0 Å². The fraction of sp³-hybridized carbons (Fsp3) is 0.700. The molecular formula is C20H30N7O2+. The van der Waals surface area contributed by atoms with Gasteiger partial charge in [0.05, 0.1) is 11.5 Å². The highest BCUT2D eigenvalue weighted by Crippen LogP contribution is 2.43. The fourth-order valence-corrected chi connectivity index (χ4v) is 5.44. The number of nitrogens with zero attached hydrogens (tertiary/aromatic N) is 4. The van der Waals surface area contributed by atoms with Crippen molar-refractivity contribution in [3.63, 3.8) is 0 Å². The predicted molar refractivity (Wildman–Crippen MR) is 108 cm³/mol. The van der Waals surface area contributed by atoms with Crippen molar-refractivity contribution in [3.8, 4) is 0 Å². The minimum absolute atomic E-state index is 0.193. The van der Waals surface area contributed by atoms with Crippen LogP contribution in [0.5, 0.6) is 0 Å². The van der Waals surface area contributed by atoms with E-state index >= 15 is 0 Å². The molecule has 9 heteroatoms. The van der Waals surface area contributed by atoms with E-state index < -0.39 is 0 Å². The number of aromatic amines is 2. The molecule has 9 nitrogen and oxygen atoms in total. The molecule has 1 amide bonds. The van der Waals surface area contributed by atoms with Gasteiger partial charge in [-0.25, -0.2) is 4.98 Å². The highest BCUT2D eigenvalue weighted by atomic mass is 16.3. The first-order valence-electron chi connectivity index (χ1n) is 10.8. The van der Waals surface area contributed by atoms with E-state index in [1.54, 1.807) is 6.33 Å². The van der Waals surface area contributed by atoms with Crippen LogP contribution >= 0.6 is 0 Å². The third kappa shape index (κ3) is 3.11. The lowest BCUT2D eigenvalue weighted by Crippen LogP contribution is -2.50. The van der Waals surface area contributed by atoms with E-state index in [0.717, 1.165) is 75.0 Å². The zero-order valence-corrected chi connectivity index (χ0v) is 16.9. The number of hydrogen-bond donors (Lipinski definition) is 3. The van der Waals surface area contributed by atoms with Crippen molar-refractivity contribution in [3.05, 3.63) is 6.33 Å². The lowest BCUT2D eigenvalue weighted by molar-refractivity contribution is -0.347. The Kier molecular flexibility index (Phi) is 4.57. The quantitative estimate of drug-likeness (QED) is 0.707.